The summed E-state index contributed by atoms with van der Waals surface area (Å²) in [6.45, 7) is 0. The fraction of sp³-hybridized carbons (Fsp3) is 0. The van der Waals surface area contributed by atoms with E-state index in [0.29, 0.717) is 5.82 Å². The van der Waals surface area contributed by atoms with Crippen molar-refractivity contribution in [1.29, 1.82) is 0 Å². The first-order valence-corrected chi connectivity index (χ1v) is 12.6. The number of hydrogen-bond acceptors (Lipinski definition) is 2. The summed E-state index contributed by atoms with van der Waals surface area (Å²) >= 11 is 6.11. The average Bonchev–Trinajstić information content (AvgIpc) is 2.98. The van der Waals surface area contributed by atoms with Gasteiger partial charge in [-0.1, -0.05) is 121 Å². The zero-order valence-corrected chi connectivity index (χ0v) is 20.8. The van der Waals surface area contributed by atoms with Gasteiger partial charge in [-0.15, -0.1) is 0 Å². The van der Waals surface area contributed by atoms with Crippen molar-refractivity contribution in [2.75, 3.05) is 0 Å². The first kappa shape index (κ1) is 22.9. The van der Waals surface area contributed by atoms with Crippen LogP contribution in [-0.4, -0.2) is 9.97 Å². The maximum absolute atomic E-state index is 6.11. The van der Waals surface area contributed by atoms with Crippen molar-refractivity contribution in [2.24, 2.45) is 0 Å². The lowest BCUT2D eigenvalue weighted by Gasteiger charge is -2.11. The van der Waals surface area contributed by atoms with Gasteiger partial charge in [-0.05, 0) is 52.6 Å². The molecule has 1 heterocycles. The average molecular weight is 495 g/mol. The van der Waals surface area contributed by atoms with Gasteiger partial charge < -0.3 is 0 Å². The summed E-state index contributed by atoms with van der Waals surface area (Å²) in [6.07, 6.45) is 0. The first-order chi connectivity index (χ1) is 18.2. The molecule has 6 rings (SSSR count). The van der Waals surface area contributed by atoms with E-state index in [1.807, 2.05) is 54.6 Å². The third-order valence-corrected chi connectivity index (χ3v) is 6.61. The molecule has 5 aromatic carbocycles. The molecule has 0 aliphatic heterocycles. The molecule has 0 unspecified atom stereocenters. The van der Waals surface area contributed by atoms with Crippen molar-refractivity contribution < 1.29 is 0 Å². The highest BCUT2D eigenvalue weighted by Gasteiger charge is 2.12. The largest absolute Gasteiger partial charge is 0.228 e. The van der Waals surface area contributed by atoms with Crippen LogP contribution in [0.5, 0.6) is 0 Å². The Hall–Kier alpha value is -4.53. The fourth-order valence-electron chi connectivity index (χ4n) is 4.45. The van der Waals surface area contributed by atoms with E-state index in [2.05, 4.69) is 84.9 Å². The number of halogens is 1. The Morgan fingerprint density at radius 3 is 1.46 bits per heavy atom. The van der Waals surface area contributed by atoms with Gasteiger partial charge in [0.05, 0.1) is 11.4 Å². The van der Waals surface area contributed by atoms with Gasteiger partial charge in [-0.2, -0.15) is 0 Å². The topological polar surface area (TPSA) is 25.8 Å². The standard InChI is InChI=1S/C34H23ClN2/c35-31-19-17-25(18-20-31)28-14-8-16-30(22-28)34-36-32(26-11-5-2-6-12-26)23-33(37-34)29-15-7-13-27(21-29)24-9-3-1-4-10-24/h1-23H. The second-order valence-corrected chi connectivity index (χ2v) is 9.30. The summed E-state index contributed by atoms with van der Waals surface area (Å²) < 4.78 is 0. The molecule has 0 amide bonds. The molecule has 2 nitrogen and oxygen atoms in total. The smallest absolute Gasteiger partial charge is 0.160 e. The molecule has 0 N–H and O–H groups in total. The third kappa shape index (κ3) is 5.06. The van der Waals surface area contributed by atoms with Crippen molar-refractivity contribution in [3.63, 3.8) is 0 Å². The zero-order chi connectivity index (χ0) is 25.0. The van der Waals surface area contributed by atoms with Gasteiger partial charge in [0.25, 0.3) is 0 Å². The molecule has 6 aromatic rings. The molecule has 176 valence electrons. The molecular weight excluding hydrogens is 472 g/mol. The normalized spacial score (nSPS) is 10.8. The van der Waals surface area contributed by atoms with Crippen molar-refractivity contribution in [2.45, 2.75) is 0 Å². The lowest BCUT2D eigenvalue weighted by Crippen LogP contribution is -1.96. The number of benzene rings is 5. The van der Waals surface area contributed by atoms with Crippen molar-refractivity contribution >= 4 is 11.6 Å². The Bertz CT molecular complexity index is 1660. The summed E-state index contributed by atoms with van der Waals surface area (Å²) in [5.74, 6) is 0.692. The molecule has 0 saturated heterocycles. The molecular formula is C34H23ClN2. The highest BCUT2D eigenvalue weighted by Crippen LogP contribution is 2.31. The third-order valence-electron chi connectivity index (χ3n) is 6.36. The molecule has 0 radical (unpaired) electrons. The maximum atomic E-state index is 6.11. The Labute approximate surface area is 221 Å². The van der Waals surface area contributed by atoms with Crippen LogP contribution in [0.3, 0.4) is 0 Å². The second-order valence-electron chi connectivity index (χ2n) is 8.86. The van der Waals surface area contributed by atoms with Gasteiger partial charge in [0.15, 0.2) is 5.82 Å². The minimum atomic E-state index is 0.692. The molecule has 0 aliphatic carbocycles. The Morgan fingerprint density at radius 1 is 0.351 bits per heavy atom. The zero-order valence-electron chi connectivity index (χ0n) is 20.1. The van der Waals surface area contributed by atoms with Crippen molar-refractivity contribution in [3.05, 3.63) is 145 Å². The number of hydrogen-bond donors (Lipinski definition) is 0. The lowest BCUT2D eigenvalue weighted by molar-refractivity contribution is 1.18. The van der Waals surface area contributed by atoms with Crippen molar-refractivity contribution in [3.8, 4) is 56.2 Å². The molecule has 0 atom stereocenters. The van der Waals surface area contributed by atoms with Crippen molar-refractivity contribution in [1.82, 2.24) is 9.97 Å². The van der Waals surface area contributed by atoms with Crippen LogP contribution in [0.15, 0.2) is 140 Å². The second kappa shape index (κ2) is 10.2. The van der Waals surface area contributed by atoms with Crippen LogP contribution in [0.2, 0.25) is 5.02 Å². The van der Waals surface area contributed by atoms with Crippen LogP contribution < -0.4 is 0 Å². The van der Waals surface area contributed by atoms with Gasteiger partial charge >= 0.3 is 0 Å². The minimum absolute atomic E-state index is 0.692. The highest BCUT2D eigenvalue weighted by atomic mass is 35.5. The van der Waals surface area contributed by atoms with E-state index in [9.17, 15) is 0 Å². The number of aromatic nitrogens is 2. The van der Waals surface area contributed by atoms with Gasteiger partial charge in [0.2, 0.25) is 0 Å². The van der Waals surface area contributed by atoms with E-state index in [0.717, 1.165) is 49.8 Å². The van der Waals surface area contributed by atoms with E-state index in [1.165, 1.54) is 5.56 Å². The van der Waals surface area contributed by atoms with Crippen LogP contribution in [-0.2, 0) is 0 Å². The predicted molar refractivity (Wildman–Crippen MR) is 154 cm³/mol. The SMILES string of the molecule is Clc1ccc(-c2cccc(-c3nc(-c4ccccc4)cc(-c4cccc(-c5ccccc5)c4)n3)c2)cc1. The Morgan fingerprint density at radius 2 is 0.811 bits per heavy atom. The Kier molecular flexibility index (Phi) is 6.33. The summed E-state index contributed by atoms with van der Waals surface area (Å²) in [5.41, 5.74) is 9.38. The van der Waals surface area contributed by atoms with Gasteiger partial charge in [0.1, 0.15) is 0 Å². The van der Waals surface area contributed by atoms with E-state index < -0.39 is 0 Å². The van der Waals surface area contributed by atoms with Crippen LogP contribution >= 0.6 is 11.6 Å². The molecule has 0 spiro atoms. The number of nitrogens with zero attached hydrogens (tertiary/aromatic N) is 2. The summed E-state index contributed by atoms with van der Waals surface area (Å²) in [7, 11) is 0. The molecule has 1 aromatic heterocycles. The molecule has 37 heavy (non-hydrogen) atoms. The quantitative estimate of drug-likeness (QED) is 0.238. The Balaban J connectivity index is 1.48. The van der Waals surface area contributed by atoms with Crippen LogP contribution in [0.4, 0.5) is 0 Å². The molecule has 0 aliphatic rings. The van der Waals surface area contributed by atoms with Gasteiger partial charge in [-0.25, -0.2) is 9.97 Å². The molecule has 0 fully saturated rings. The monoisotopic (exact) mass is 494 g/mol. The van der Waals surface area contributed by atoms with E-state index in [-0.39, 0.29) is 0 Å². The van der Waals surface area contributed by atoms with Gasteiger partial charge in [0, 0.05) is 21.7 Å². The number of rotatable bonds is 5. The summed E-state index contributed by atoms with van der Waals surface area (Å²) in [4.78, 5) is 10.0. The molecule has 0 bridgehead atoms. The van der Waals surface area contributed by atoms with E-state index in [4.69, 9.17) is 21.6 Å². The lowest BCUT2D eigenvalue weighted by atomic mass is 10.00. The first-order valence-electron chi connectivity index (χ1n) is 12.2. The summed E-state index contributed by atoms with van der Waals surface area (Å²) in [5, 5.41) is 0.723. The summed E-state index contributed by atoms with van der Waals surface area (Å²) in [6, 6.07) is 47.5. The predicted octanol–water partition coefficient (Wildman–Crippen LogP) is 9.46. The molecule has 3 heteroatoms. The minimum Gasteiger partial charge on any atom is -0.228 e. The molecule has 0 saturated carbocycles. The van der Waals surface area contributed by atoms with E-state index in [1.54, 1.807) is 0 Å². The highest BCUT2D eigenvalue weighted by molar-refractivity contribution is 6.30. The maximum Gasteiger partial charge on any atom is 0.160 e. The van der Waals surface area contributed by atoms with Crippen LogP contribution in [0.1, 0.15) is 0 Å². The van der Waals surface area contributed by atoms with Crippen LogP contribution in [0.25, 0.3) is 56.2 Å². The van der Waals surface area contributed by atoms with E-state index >= 15 is 0 Å². The fourth-order valence-corrected chi connectivity index (χ4v) is 4.58. The van der Waals surface area contributed by atoms with Crippen LogP contribution in [0, 0.1) is 0 Å². The van der Waals surface area contributed by atoms with Gasteiger partial charge in [-0.3, -0.25) is 0 Å².